The van der Waals surface area contributed by atoms with Gasteiger partial charge < -0.3 is 10.1 Å². The quantitative estimate of drug-likeness (QED) is 0.672. The molecule has 0 aliphatic heterocycles. The molecule has 0 atom stereocenters. The van der Waals surface area contributed by atoms with Gasteiger partial charge in [0.2, 0.25) is 0 Å². The van der Waals surface area contributed by atoms with Gasteiger partial charge in [0.15, 0.2) is 11.6 Å². The number of hydrogen-bond donors (Lipinski definition) is 1. The van der Waals surface area contributed by atoms with E-state index in [2.05, 4.69) is 5.32 Å². The first kappa shape index (κ1) is 14.0. The van der Waals surface area contributed by atoms with Crippen LogP contribution in [-0.4, -0.2) is 12.0 Å². The van der Waals surface area contributed by atoms with E-state index in [0.717, 1.165) is 0 Å². The van der Waals surface area contributed by atoms with Gasteiger partial charge in [-0.25, -0.2) is 4.39 Å². The first-order valence-electron chi connectivity index (χ1n) is 5.96. The molecule has 2 aromatic carbocycles. The fourth-order valence-electron chi connectivity index (χ4n) is 1.75. The molecule has 20 heavy (non-hydrogen) atoms. The molecule has 0 aliphatic rings. The molecule has 0 saturated heterocycles. The Morgan fingerprint density at radius 1 is 1.25 bits per heavy atom. The molecule has 2 aromatic rings. The van der Waals surface area contributed by atoms with Crippen molar-refractivity contribution in [2.75, 3.05) is 7.05 Å². The normalized spacial score (nSPS) is 10.3. The summed E-state index contributed by atoms with van der Waals surface area (Å²) in [7, 11) is 1.75. The molecule has 0 bridgehead atoms. The summed E-state index contributed by atoms with van der Waals surface area (Å²) in [5, 5.41) is 13.5. The van der Waals surface area contributed by atoms with Crippen molar-refractivity contribution >= 4 is 5.69 Å². The van der Waals surface area contributed by atoms with E-state index < -0.39 is 10.7 Å². The number of nitrogens with zero attached hydrogens (tertiary/aromatic N) is 1. The first-order chi connectivity index (χ1) is 9.61. The highest BCUT2D eigenvalue weighted by atomic mass is 19.1. The minimum absolute atomic E-state index is 0.0404. The van der Waals surface area contributed by atoms with Gasteiger partial charge in [-0.2, -0.15) is 0 Å². The molecule has 0 fully saturated rings. The Balaban J connectivity index is 2.27. The van der Waals surface area contributed by atoms with E-state index >= 15 is 0 Å². The number of ether oxygens (including phenoxy) is 1. The van der Waals surface area contributed by atoms with Gasteiger partial charge in [0.05, 0.1) is 4.92 Å². The summed E-state index contributed by atoms with van der Waals surface area (Å²) in [4.78, 5) is 10.1. The molecule has 5 nitrogen and oxygen atoms in total. The minimum Gasteiger partial charge on any atom is -0.454 e. The van der Waals surface area contributed by atoms with E-state index in [9.17, 15) is 14.5 Å². The summed E-state index contributed by atoms with van der Waals surface area (Å²) in [6.45, 7) is 0.458. The lowest BCUT2D eigenvalue weighted by Crippen LogP contribution is -2.07. The Kier molecular flexibility index (Phi) is 4.27. The number of hydrogen-bond acceptors (Lipinski definition) is 4. The van der Waals surface area contributed by atoms with Crippen molar-refractivity contribution in [1.82, 2.24) is 5.32 Å². The SMILES string of the molecule is CNCc1cccc(F)c1Oc1ccc([N+](=O)[O-])cc1. The molecular weight excluding hydrogens is 263 g/mol. The van der Waals surface area contributed by atoms with Crippen LogP contribution < -0.4 is 10.1 Å². The number of halogens is 1. The lowest BCUT2D eigenvalue weighted by Gasteiger charge is -2.11. The highest BCUT2D eigenvalue weighted by molar-refractivity contribution is 5.42. The van der Waals surface area contributed by atoms with Crippen molar-refractivity contribution in [2.24, 2.45) is 0 Å². The van der Waals surface area contributed by atoms with Crippen LogP contribution in [0.2, 0.25) is 0 Å². The zero-order chi connectivity index (χ0) is 14.5. The van der Waals surface area contributed by atoms with Crippen molar-refractivity contribution in [2.45, 2.75) is 6.54 Å². The average Bonchev–Trinajstić information content (AvgIpc) is 2.43. The summed E-state index contributed by atoms with van der Waals surface area (Å²) < 4.78 is 19.3. The highest BCUT2D eigenvalue weighted by Gasteiger charge is 2.11. The topological polar surface area (TPSA) is 64.4 Å². The summed E-state index contributed by atoms with van der Waals surface area (Å²) in [6.07, 6.45) is 0. The maximum Gasteiger partial charge on any atom is 0.269 e. The molecule has 0 unspecified atom stereocenters. The number of para-hydroxylation sites is 1. The molecular formula is C14H13FN2O3. The van der Waals surface area contributed by atoms with Gasteiger partial charge in [-0.05, 0) is 25.2 Å². The third-order valence-electron chi connectivity index (χ3n) is 2.68. The number of nitro benzene ring substituents is 1. The molecule has 2 rings (SSSR count). The molecule has 0 amide bonds. The second-order valence-corrected chi connectivity index (χ2v) is 4.11. The molecule has 104 valence electrons. The molecule has 6 heteroatoms. The fourth-order valence-corrected chi connectivity index (χ4v) is 1.75. The van der Waals surface area contributed by atoms with E-state index in [1.807, 2.05) is 0 Å². The molecule has 0 heterocycles. The number of nitrogens with one attached hydrogen (secondary N) is 1. The van der Waals surface area contributed by atoms with Gasteiger partial charge in [0.1, 0.15) is 5.75 Å². The van der Waals surface area contributed by atoms with Gasteiger partial charge >= 0.3 is 0 Å². The third kappa shape index (κ3) is 3.10. The first-order valence-corrected chi connectivity index (χ1v) is 5.96. The van der Waals surface area contributed by atoms with Crippen LogP contribution in [-0.2, 0) is 6.54 Å². The summed E-state index contributed by atoms with van der Waals surface area (Å²) in [5.74, 6) is -0.00939. The van der Waals surface area contributed by atoms with Gasteiger partial charge in [-0.1, -0.05) is 12.1 Å². The molecule has 0 spiro atoms. The van der Waals surface area contributed by atoms with Crippen molar-refractivity contribution in [3.8, 4) is 11.5 Å². The Hall–Kier alpha value is -2.47. The van der Waals surface area contributed by atoms with Crippen LogP contribution in [0.3, 0.4) is 0 Å². The third-order valence-corrected chi connectivity index (χ3v) is 2.68. The predicted molar refractivity (Wildman–Crippen MR) is 72.3 cm³/mol. The Bertz CT molecular complexity index is 614. The Labute approximate surface area is 115 Å². The molecule has 0 saturated carbocycles. The smallest absolute Gasteiger partial charge is 0.269 e. The predicted octanol–water partition coefficient (Wildman–Crippen LogP) is 3.25. The lowest BCUT2D eigenvalue weighted by atomic mass is 10.2. The van der Waals surface area contributed by atoms with E-state index in [0.29, 0.717) is 17.9 Å². The summed E-state index contributed by atoms with van der Waals surface area (Å²) in [5.41, 5.74) is 0.632. The maximum absolute atomic E-state index is 13.8. The van der Waals surface area contributed by atoms with E-state index in [-0.39, 0.29) is 11.4 Å². The van der Waals surface area contributed by atoms with E-state index in [1.165, 1.54) is 30.3 Å². The standard InChI is InChI=1S/C14H13FN2O3/c1-16-9-10-3-2-4-13(15)14(10)20-12-7-5-11(6-8-12)17(18)19/h2-8,16H,9H2,1H3. The number of non-ortho nitro benzene ring substituents is 1. The van der Waals surface area contributed by atoms with Gasteiger partial charge in [-0.3, -0.25) is 10.1 Å². The monoisotopic (exact) mass is 276 g/mol. The van der Waals surface area contributed by atoms with Crippen LogP contribution in [0.1, 0.15) is 5.56 Å². The van der Waals surface area contributed by atoms with Crippen LogP contribution in [0.15, 0.2) is 42.5 Å². The largest absolute Gasteiger partial charge is 0.454 e. The van der Waals surface area contributed by atoms with Gasteiger partial charge in [0.25, 0.3) is 5.69 Å². The molecule has 0 radical (unpaired) electrons. The van der Waals surface area contributed by atoms with Crippen LogP contribution >= 0.6 is 0 Å². The minimum atomic E-state index is -0.501. The Morgan fingerprint density at radius 2 is 1.95 bits per heavy atom. The van der Waals surface area contributed by atoms with E-state index in [4.69, 9.17) is 4.74 Å². The van der Waals surface area contributed by atoms with Crippen LogP contribution in [0.25, 0.3) is 0 Å². The van der Waals surface area contributed by atoms with Gasteiger partial charge in [0, 0.05) is 24.2 Å². The van der Waals surface area contributed by atoms with Crippen molar-refractivity contribution in [3.63, 3.8) is 0 Å². The number of rotatable bonds is 5. The van der Waals surface area contributed by atoms with Gasteiger partial charge in [-0.15, -0.1) is 0 Å². The van der Waals surface area contributed by atoms with Crippen LogP contribution in [0.4, 0.5) is 10.1 Å². The maximum atomic E-state index is 13.8. The van der Waals surface area contributed by atoms with E-state index in [1.54, 1.807) is 19.2 Å². The van der Waals surface area contributed by atoms with Crippen LogP contribution in [0, 0.1) is 15.9 Å². The second kappa shape index (κ2) is 6.12. The summed E-state index contributed by atoms with van der Waals surface area (Å²) >= 11 is 0. The average molecular weight is 276 g/mol. The zero-order valence-electron chi connectivity index (χ0n) is 10.8. The molecule has 0 aliphatic carbocycles. The molecule has 0 aromatic heterocycles. The van der Waals surface area contributed by atoms with Crippen molar-refractivity contribution in [3.05, 3.63) is 64.0 Å². The Morgan fingerprint density at radius 3 is 2.55 bits per heavy atom. The van der Waals surface area contributed by atoms with Crippen molar-refractivity contribution in [1.29, 1.82) is 0 Å². The fraction of sp³-hybridized carbons (Fsp3) is 0.143. The summed E-state index contributed by atoms with van der Waals surface area (Å²) in [6, 6.07) is 10.2. The van der Waals surface area contributed by atoms with Crippen molar-refractivity contribution < 1.29 is 14.1 Å². The highest BCUT2D eigenvalue weighted by Crippen LogP contribution is 2.29. The van der Waals surface area contributed by atoms with Crippen LogP contribution in [0.5, 0.6) is 11.5 Å². The lowest BCUT2D eigenvalue weighted by molar-refractivity contribution is -0.384. The second-order valence-electron chi connectivity index (χ2n) is 4.11. The molecule has 1 N–H and O–H groups in total. The number of benzene rings is 2. The zero-order valence-corrected chi connectivity index (χ0v) is 10.8. The number of nitro groups is 1.